The van der Waals surface area contributed by atoms with Gasteiger partial charge in [0.05, 0.1) is 23.1 Å². The fourth-order valence-electron chi connectivity index (χ4n) is 2.46. The van der Waals surface area contributed by atoms with E-state index in [0.29, 0.717) is 5.75 Å². The van der Waals surface area contributed by atoms with Crippen LogP contribution in [0.25, 0.3) is 10.2 Å². The number of thiazole rings is 1. The van der Waals surface area contributed by atoms with Crippen LogP contribution in [0.4, 0.5) is 0 Å². The molecule has 0 aliphatic heterocycles. The van der Waals surface area contributed by atoms with E-state index in [1.54, 1.807) is 23.1 Å². The lowest BCUT2D eigenvalue weighted by Gasteiger charge is -2.16. The number of para-hydroxylation sites is 1. The SMILES string of the molecule is COC(=O)[C@H](CSCc1ccccc1)NC(=O)CSc1nc2ccccc2s1. The topological polar surface area (TPSA) is 68.3 Å². The van der Waals surface area contributed by atoms with Crippen LogP contribution in [0.2, 0.25) is 0 Å². The predicted molar refractivity (Wildman–Crippen MR) is 117 cm³/mol. The number of nitrogens with zero attached hydrogens (tertiary/aromatic N) is 1. The molecule has 1 heterocycles. The minimum absolute atomic E-state index is 0.205. The number of hydrogen-bond acceptors (Lipinski definition) is 7. The van der Waals surface area contributed by atoms with Crippen molar-refractivity contribution < 1.29 is 14.3 Å². The zero-order valence-corrected chi connectivity index (χ0v) is 17.7. The summed E-state index contributed by atoms with van der Waals surface area (Å²) in [5.41, 5.74) is 2.11. The van der Waals surface area contributed by atoms with Gasteiger partial charge >= 0.3 is 5.97 Å². The van der Waals surface area contributed by atoms with Gasteiger partial charge in [-0.3, -0.25) is 4.79 Å². The predicted octanol–water partition coefficient (Wildman–Crippen LogP) is 3.98. The molecule has 8 heteroatoms. The van der Waals surface area contributed by atoms with Gasteiger partial charge in [0.1, 0.15) is 6.04 Å². The Hall–Kier alpha value is -2.03. The zero-order chi connectivity index (χ0) is 19.8. The highest BCUT2D eigenvalue weighted by Gasteiger charge is 2.21. The highest BCUT2D eigenvalue weighted by molar-refractivity contribution is 8.01. The number of aromatic nitrogens is 1. The van der Waals surface area contributed by atoms with Crippen LogP contribution in [-0.2, 0) is 20.1 Å². The fraction of sp³-hybridized carbons (Fsp3) is 0.250. The molecule has 146 valence electrons. The van der Waals surface area contributed by atoms with Crippen molar-refractivity contribution in [3.05, 3.63) is 60.2 Å². The Kier molecular flexibility index (Phi) is 7.76. The van der Waals surface area contributed by atoms with Gasteiger partial charge in [-0.2, -0.15) is 11.8 Å². The maximum absolute atomic E-state index is 12.3. The van der Waals surface area contributed by atoms with Gasteiger partial charge in [0.15, 0.2) is 4.34 Å². The average Bonchev–Trinajstić information content (AvgIpc) is 3.15. The Morgan fingerprint density at radius 1 is 1.14 bits per heavy atom. The van der Waals surface area contributed by atoms with Gasteiger partial charge in [-0.05, 0) is 17.7 Å². The number of amides is 1. The number of methoxy groups -OCH3 is 1. The molecule has 0 spiro atoms. The molecule has 3 aromatic rings. The number of thioether (sulfide) groups is 2. The van der Waals surface area contributed by atoms with Crippen molar-refractivity contribution in [2.45, 2.75) is 16.1 Å². The largest absolute Gasteiger partial charge is 0.467 e. The van der Waals surface area contributed by atoms with E-state index < -0.39 is 12.0 Å². The molecule has 0 saturated carbocycles. The Labute approximate surface area is 176 Å². The number of fused-ring (bicyclic) bond motifs is 1. The van der Waals surface area contributed by atoms with Crippen LogP contribution in [0.1, 0.15) is 5.56 Å². The summed E-state index contributed by atoms with van der Waals surface area (Å²) in [5, 5.41) is 2.78. The average molecular weight is 433 g/mol. The molecule has 0 aliphatic carbocycles. The summed E-state index contributed by atoms with van der Waals surface area (Å²) in [6.45, 7) is 0. The summed E-state index contributed by atoms with van der Waals surface area (Å²) in [4.78, 5) is 28.8. The molecule has 1 amide bonds. The van der Waals surface area contributed by atoms with Crippen molar-refractivity contribution in [2.24, 2.45) is 0 Å². The van der Waals surface area contributed by atoms with Crippen molar-refractivity contribution in [3.63, 3.8) is 0 Å². The monoisotopic (exact) mass is 432 g/mol. The summed E-state index contributed by atoms with van der Waals surface area (Å²) >= 11 is 4.51. The molecule has 0 saturated heterocycles. The molecular formula is C20H20N2O3S3. The van der Waals surface area contributed by atoms with Crippen molar-refractivity contribution in [1.29, 1.82) is 0 Å². The number of hydrogen-bond donors (Lipinski definition) is 1. The molecule has 0 unspecified atom stereocenters. The number of nitrogens with one attached hydrogen (secondary N) is 1. The standard InChI is InChI=1S/C20H20N2O3S3/c1-25-19(24)16(12-26-11-14-7-3-2-4-8-14)21-18(23)13-27-20-22-15-9-5-6-10-17(15)28-20/h2-10,16H,11-13H2,1H3,(H,21,23)/t16-/m0/s1. The first-order chi connectivity index (χ1) is 13.7. The van der Waals surface area contributed by atoms with E-state index in [1.807, 2.05) is 54.6 Å². The molecule has 2 aromatic carbocycles. The Balaban J connectivity index is 1.49. The maximum atomic E-state index is 12.3. The zero-order valence-electron chi connectivity index (χ0n) is 15.3. The van der Waals surface area contributed by atoms with Gasteiger partial charge in [-0.1, -0.05) is 54.2 Å². The molecule has 3 rings (SSSR count). The molecule has 0 aliphatic rings. The van der Waals surface area contributed by atoms with Crippen LogP contribution in [0.5, 0.6) is 0 Å². The highest BCUT2D eigenvalue weighted by atomic mass is 32.2. The fourth-order valence-corrected chi connectivity index (χ4v) is 5.34. The number of carbonyl (C=O) groups is 2. The number of carbonyl (C=O) groups excluding carboxylic acids is 2. The summed E-state index contributed by atoms with van der Waals surface area (Å²) in [6.07, 6.45) is 0. The van der Waals surface area contributed by atoms with Crippen LogP contribution >= 0.6 is 34.9 Å². The number of ether oxygens (including phenoxy) is 1. The normalized spacial score (nSPS) is 11.9. The summed E-state index contributed by atoms with van der Waals surface area (Å²) in [6, 6.07) is 17.2. The third-order valence-corrected chi connectivity index (χ3v) is 7.10. The molecular weight excluding hydrogens is 412 g/mol. The Morgan fingerprint density at radius 3 is 2.64 bits per heavy atom. The molecule has 5 nitrogen and oxygen atoms in total. The molecule has 1 N–H and O–H groups in total. The van der Waals surface area contributed by atoms with Crippen molar-refractivity contribution in [1.82, 2.24) is 10.3 Å². The molecule has 1 aromatic heterocycles. The van der Waals surface area contributed by atoms with Gasteiger partial charge in [0.25, 0.3) is 0 Å². The lowest BCUT2D eigenvalue weighted by molar-refractivity contribution is -0.144. The molecule has 0 radical (unpaired) electrons. The number of esters is 1. The molecule has 28 heavy (non-hydrogen) atoms. The van der Waals surface area contributed by atoms with Crippen LogP contribution < -0.4 is 5.32 Å². The second kappa shape index (κ2) is 10.5. The minimum Gasteiger partial charge on any atom is -0.467 e. The summed E-state index contributed by atoms with van der Waals surface area (Å²) in [7, 11) is 1.33. The van der Waals surface area contributed by atoms with Crippen molar-refractivity contribution >= 4 is 57.0 Å². The first-order valence-corrected chi connectivity index (χ1v) is 11.6. The van der Waals surface area contributed by atoms with Crippen LogP contribution in [-0.4, -0.2) is 41.5 Å². The number of benzene rings is 2. The van der Waals surface area contributed by atoms with E-state index in [-0.39, 0.29) is 11.7 Å². The van der Waals surface area contributed by atoms with Gasteiger partial charge < -0.3 is 10.1 Å². The lowest BCUT2D eigenvalue weighted by atomic mass is 10.2. The first-order valence-electron chi connectivity index (χ1n) is 8.63. The van der Waals surface area contributed by atoms with Crippen LogP contribution in [0, 0.1) is 0 Å². The van der Waals surface area contributed by atoms with E-state index >= 15 is 0 Å². The van der Waals surface area contributed by atoms with E-state index in [9.17, 15) is 9.59 Å². The summed E-state index contributed by atoms with van der Waals surface area (Å²) in [5.74, 6) is 0.791. The van der Waals surface area contributed by atoms with Gasteiger partial charge in [-0.15, -0.1) is 11.3 Å². The van der Waals surface area contributed by atoms with Crippen molar-refractivity contribution in [3.8, 4) is 0 Å². The van der Waals surface area contributed by atoms with E-state index in [2.05, 4.69) is 10.3 Å². The second-order valence-electron chi connectivity index (χ2n) is 5.88. The second-order valence-corrected chi connectivity index (χ2v) is 9.16. The van der Waals surface area contributed by atoms with Gasteiger partial charge in [0.2, 0.25) is 5.91 Å². The molecule has 0 bridgehead atoms. The van der Waals surface area contributed by atoms with Gasteiger partial charge in [0, 0.05) is 11.5 Å². The maximum Gasteiger partial charge on any atom is 0.329 e. The smallest absolute Gasteiger partial charge is 0.329 e. The Bertz CT molecular complexity index is 898. The van der Waals surface area contributed by atoms with E-state index in [4.69, 9.17) is 4.74 Å². The van der Waals surface area contributed by atoms with E-state index in [0.717, 1.165) is 20.3 Å². The third kappa shape index (κ3) is 5.98. The van der Waals surface area contributed by atoms with Crippen LogP contribution in [0.3, 0.4) is 0 Å². The van der Waals surface area contributed by atoms with Gasteiger partial charge in [-0.25, -0.2) is 9.78 Å². The Morgan fingerprint density at radius 2 is 1.89 bits per heavy atom. The number of rotatable bonds is 9. The highest BCUT2D eigenvalue weighted by Crippen LogP contribution is 2.29. The molecule has 1 atom stereocenters. The third-order valence-electron chi connectivity index (χ3n) is 3.82. The van der Waals surface area contributed by atoms with Crippen molar-refractivity contribution in [2.75, 3.05) is 18.6 Å². The summed E-state index contributed by atoms with van der Waals surface area (Å²) < 4.78 is 6.76. The molecule has 0 fully saturated rings. The first kappa shape index (κ1) is 20.7. The van der Waals surface area contributed by atoms with Crippen LogP contribution in [0.15, 0.2) is 58.9 Å². The quantitative estimate of drug-likeness (QED) is 0.407. The van der Waals surface area contributed by atoms with E-state index in [1.165, 1.54) is 24.4 Å². The lowest BCUT2D eigenvalue weighted by Crippen LogP contribution is -2.44. The minimum atomic E-state index is -0.665.